The fraction of sp³-hybridized carbons (Fsp3) is 0.615. The van der Waals surface area contributed by atoms with Gasteiger partial charge in [0.1, 0.15) is 5.69 Å². The molecule has 0 aromatic carbocycles. The van der Waals surface area contributed by atoms with Crippen molar-refractivity contribution in [2.45, 2.75) is 44.6 Å². The monoisotopic (exact) mass is 280 g/mol. The molecule has 6 heteroatoms. The number of amides is 1. The smallest absolute Gasteiger partial charge is 0.226 e. The number of carbonyl (C=O) groups is 1. The molecule has 1 N–H and O–H groups in total. The molecule has 2 heterocycles. The van der Waals surface area contributed by atoms with Gasteiger partial charge in [0, 0.05) is 19.0 Å². The van der Waals surface area contributed by atoms with Gasteiger partial charge in [-0.25, -0.2) is 4.98 Å². The Bertz CT molecular complexity index is 488. The second-order valence-electron chi connectivity index (χ2n) is 5.16. The van der Waals surface area contributed by atoms with E-state index in [-0.39, 0.29) is 11.2 Å². The summed E-state index contributed by atoms with van der Waals surface area (Å²) in [5.74, 6) is 0.795. The van der Waals surface area contributed by atoms with Crippen molar-refractivity contribution in [1.82, 2.24) is 9.97 Å². The van der Waals surface area contributed by atoms with E-state index in [1.807, 2.05) is 0 Å². The fourth-order valence-electron chi connectivity index (χ4n) is 2.95. The van der Waals surface area contributed by atoms with Crippen LogP contribution in [0.1, 0.15) is 38.5 Å². The Labute approximate surface area is 117 Å². The maximum absolute atomic E-state index is 11.7. The highest BCUT2D eigenvalue weighted by atomic mass is 35.5. The molecule has 1 aromatic rings. The molecule has 0 saturated heterocycles. The van der Waals surface area contributed by atoms with Crippen molar-refractivity contribution in [3.63, 3.8) is 0 Å². The second-order valence-corrected chi connectivity index (χ2v) is 5.50. The molecule has 19 heavy (non-hydrogen) atoms. The normalized spacial score (nSPS) is 20.7. The molecule has 1 aliphatic carbocycles. The molecule has 0 radical (unpaired) electrons. The minimum Gasteiger partial charge on any atom is -0.351 e. The summed E-state index contributed by atoms with van der Waals surface area (Å²) in [4.78, 5) is 22.3. The quantitative estimate of drug-likeness (QED) is 0.804. The van der Waals surface area contributed by atoms with Gasteiger partial charge in [-0.05, 0) is 24.4 Å². The third kappa shape index (κ3) is 2.66. The van der Waals surface area contributed by atoms with Gasteiger partial charge in [-0.1, -0.05) is 19.3 Å². The Morgan fingerprint density at radius 1 is 1.32 bits per heavy atom. The zero-order chi connectivity index (χ0) is 13.2. The minimum absolute atomic E-state index is 0.0190. The van der Waals surface area contributed by atoms with E-state index in [1.54, 1.807) is 6.20 Å². The number of carbonyl (C=O) groups excluding carboxylic acids is 1. The molecule has 0 bridgehead atoms. The average Bonchev–Trinajstić information content (AvgIpc) is 2.58. The molecule has 1 amide bonds. The van der Waals surface area contributed by atoms with E-state index < -0.39 is 0 Å². The van der Waals surface area contributed by atoms with Crippen molar-refractivity contribution in [1.29, 1.82) is 0 Å². The van der Waals surface area contributed by atoms with Gasteiger partial charge in [0.15, 0.2) is 5.82 Å². The molecule has 0 spiro atoms. The SMILES string of the molecule is O=C1CCN(C2CCCCC2)c2nc(Cl)ncc2N1. The molecular weight excluding hydrogens is 264 g/mol. The molecule has 1 aliphatic heterocycles. The highest BCUT2D eigenvalue weighted by Gasteiger charge is 2.28. The molecule has 5 nitrogen and oxygen atoms in total. The summed E-state index contributed by atoms with van der Waals surface area (Å²) in [6, 6.07) is 0.464. The number of aromatic nitrogens is 2. The third-order valence-corrected chi connectivity index (χ3v) is 4.06. The molecular formula is C13H17ClN4O. The van der Waals surface area contributed by atoms with Crippen LogP contribution < -0.4 is 10.2 Å². The van der Waals surface area contributed by atoms with E-state index in [4.69, 9.17) is 11.6 Å². The third-order valence-electron chi connectivity index (χ3n) is 3.88. The van der Waals surface area contributed by atoms with Crippen LogP contribution in [0.2, 0.25) is 5.28 Å². The van der Waals surface area contributed by atoms with Crippen molar-refractivity contribution >= 4 is 29.0 Å². The van der Waals surface area contributed by atoms with Crippen LogP contribution in [0.5, 0.6) is 0 Å². The van der Waals surface area contributed by atoms with E-state index in [1.165, 1.54) is 19.3 Å². The van der Waals surface area contributed by atoms with Crippen LogP contribution >= 0.6 is 11.6 Å². The number of nitrogens with zero attached hydrogens (tertiary/aromatic N) is 3. The highest BCUT2D eigenvalue weighted by molar-refractivity contribution is 6.28. The summed E-state index contributed by atoms with van der Waals surface area (Å²) in [5, 5.41) is 3.09. The van der Waals surface area contributed by atoms with Gasteiger partial charge in [0.2, 0.25) is 11.2 Å². The lowest BCUT2D eigenvalue weighted by molar-refractivity contribution is -0.116. The van der Waals surface area contributed by atoms with E-state index >= 15 is 0 Å². The first kappa shape index (κ1) is 12.7. The summed E-state index contributed by atoms with van der Waals surface area (Å²) in [6.45, 7) is 0.705. The number of halogens is 1. The maximum Gasteiger partial charge on any atom is 0.226 e. The molecule has 1 saturated carbocycles. The highest BCUT2D eigenvalue weighted by Crippen LogP contribution is 2.33. The summed E-state index contributed by atoms with van der Waals surface area (Å²) < 4.78 is 0. The van der Waals surface area contributed by atoms with Crippen molar-refractivity contribution in [3.05, 3.63) is 11.5 Å². The first-order valence-electron chi connectivity index (χ1n) is 6.83. The number of rotatable bonds is 1. The molecule has 1 aromatic heterocycles. The van der Waals surface area contributed by atoms with Crippen LogP contribution in [0.15, 0.2) is 6.20 Å². The lowest BCUT2D eigenvalue weighted by Gasteiger charge is -2.34. The topological polar surface area (TPSA) is 58.1 Å². The van der Waals surface area contributed by atoms with E-state index in [9.17, 15) is 4.79 Å². The first-order chi connectivity index (χ1) is 9.24. The van der Waals surface area contributed by atoms with Crippen LogP contribution in [0.4, 0.5) is 11.5 Å². The largest absolute Gasteiger partial charge is 0.351 e. The number of hydrogen-bond acceptors (Lipinski definition) is 4. The summed E-state index contributed by atoms with van der Waals surface area (Å²) in [6.07, 6.45) is 8.21. The Morgan fingerprint density at radius 2 is 2.11 bits per heavy atom. The Kier molecular flexibility index (Phi) is 3.55. The molecule has 1 fully saturated rings. The van der Waals surface area contributed by atoms with Crippen molar-refractivity contribution < 1.29 is 4.79 Å². The van der Waals surface area contributed by atoms with Gasteiger partial charge in [0.05, 0.1) is 6.20 Å². The zero-order valence-corrected chi connectivity index (χ0v) is 11.5. The first-order valence-corrected chi connectivity index (χ1v) is 7.21. The predicted molar refractivity (Wildman–Crippen MR) is 74.5 cm³/mol. The van der Waals surface area contributed by atoms with Gasteiger partial charge in [0.25, 0.3) is 0 Å². The van der Waals surface area contributed by atoms with Crippen LogP contribution in [0.25, 0.3) is 0 Å². The maximum atomic E-state index is 11.7. The Morgan fingerprint density at radius 3 is 2.89 bits per heavy atom. The van der Waals surface area contributed by atoms with Crippen molar-refractivity contribution in [2.75, 3.05) is 16.8 Å². The summed E-state index contributed by atoms with van der Waals surface area (Å²) >= 11 is 5.91. The number of fused-ring (bicyclic) bond motifs is 1. The number of hydrogen-bond donors (Lipinski definition) is 1. The van der Waals surface area contributed by atoms with Crippen LogP contribution in [-0.4, -0.2) is 28.5 Å². The van der Waals surface area contributed by atoms with Crippen LogP contribution in [-0.2, 0) is 4.79 Å². The van der Waals surface area contributed by atoms with Crippen LogP contribution in [0.3, 0.4) is 0 Å². The second kappa shape index (κ2) is 5.33. The van der Waals surface area contributed by atoms with Crippen molar-refractivity contribution in [2.24, 2.45) is 0 Å². The lowest BCUT2D eigenvalue weighted by Crippen LogP contribution is -2.38. The van der Waals surface area contributed by atoms with E-state index in [0.29, 0.717) is 24.7 Å². The average molecular weight is 281 g/mol. The predicted octanol–water partition coefficient (Wildman–Crippen LogP) is 2.61. The molecule has 2 aliphatic rings. The standard InChI is InChI=1S/C13H17ClN4O/c14-13-15-8-10-12(17-13)18(7-6-11(19)16-10)9-4-2-1-3-5-9/h8-9H,1-7H2,(H,16,19). The lowest BCUT2D eigenvalue weighted by atomic mass is 9.94. The van der Waals surface area contributed by atoms with Gasteiger partial charge < -0.3 is 10.2 Å². The molecule has 0 atom stereocenters. The summed E-state index contributed by atoms with van der Waals surface area (Å²) in [7, 11) is 0. The fourth-order valence-corrected chi connectivity index (χ4v) is 3.08. The molecule has 0 unspecified atom stereocenters. The zero-order valence-electron chi connectivity index (χ0n) is 10.7. The molecule has 102 valence electrons. The number of nitrogens with one attached hydrogen (secondary N) is 1. The van der Waals surface area contributed by atoms with Gasteiger partial charge in [-0.15, -0.1) is 0 Å². The minimum atomic E-state index is 0.0190. The Balaban J connectivity index is 1.95. The van der Waals surface area contributed by atoms with E-state index in [0.717, 1.165) is 18.7 Å². The summed E-state index contributed by atoms with van der Waals surface area (Å²) in [5.41, 5.74) is 0.678. The number of anilines is 2. The van der Waals surface area contributed by atoms with Gasteiger partial charge >= 0.3 is 0 Å². The van der Waals surface area contributed by atoms with Gasteiger partial charge in [-0.2, -0.15) is 4.98 Å². The van der Waals surface area contributed by atoms with Gasteiger partial charge in [-0.3, -0.25) is 4.79 Å². The van der Waals surface area contributed by atoms with E-state index in [2.05, 4.69) is 20.2 Å². The molecule has 3 rings (SSSR count). The van der Waals surface area contributed by atoms with Crippen molar-refractivity contribution in [3.8, 4) is 0 Å². The Hall–Kier alpha value is -1.36. The van der Waals surface area contributed by atoms with Crippen LogP contribution in [0, 0.1) is 0 Å².